The molecule has 1 aliphatic rings. The SMILES string of the molecule is CCOc1ccc(C(=O)NCC(=O)NCc2nnc3n2CCCCC3)cc1. The van der Waals surface area contributed by atoms with Crippen molar-refractivity contribution in [2.45, 2.75) is 45.7 Å². The van der Waals surface area contributed by atoms with Crippen molar-refractivity contribution in [3.63, 3.8) is 0 Å². The molecule has 0 unspecified atom stereocenters. The summed E-state index contributed by atoms with van der Waals surface area (Å²) in [5.74, 6) is 1.89. The van der Waals surface area contributed by atoms with Gasteiger partial charge in [-0.2, -0.15) is 0 Å². The molecule has 2 N–H and O–H groups in total. The number of fused-ring (bicyclic) bond motifs is 1. The number of carbonyl (C=O) groups is 2. The van der Waals surface area contributed by atoms with Crippen LogP contribution in [0.5, 0.6) is 5.75 Å². The van der Waals surface area contributed by atoms with E-state index in [1.54, 1.807) is 24.3 Å². The Labute approximate surface area is 158 Å². The van der Waals surface area contributed by atoms with Crippen molar-refractivity contribution < 1.29 is 14.3 Å². The fraction of sp³-hybridized carbons (Fsp3) is 0.474. The molecular weight excluding hydrogens is 346 g/mol. The highest BCUT2D eigenvalue weighted by Gasteiger charge is 2.15. The van der Waals surface area contributed by atoms with Gasteiger partial charge in [0.05, 0.1) is 19.7 Å². The van der Waals surface area contributed by atoms with Crippen molar-refractivity contribution in [3.8, 4) is 5.75 Å². The summed E-state index contributed by atoms with van der Waals surface area (Å²) in [6.45, 7) is 3.58. The zero-order valence-electron chi connectivity index (χ0n) is 15.5. The first-order valence-electron chi connectivity index (χ1n) is 9.36. The number of hydrogen-bond donors (Lipinski definition) is 2. The van der Waals surface area contributed by atoms with Crippen molar-refractivity contribution in [2.75, 3.05) is 13.2 Å². The van der Waals surface area contributed by atoms with Gasteiger partial charge in [-0.25, -0.2) is 0 Å². The number of nitrogens with zero attached hydrogens (tertiary/aromatic N) is 3. The standard InChI is InChI=1S/C19H25N5O3/c1-2-27-15-9-7-14(8-10-15)19(26)21-13-18(25)20-12-17-23-22-16-6-4-3-5-11-24(16)17/h7-10H,2-6,11-13H2,1H3,(H,20,25)(H,21,26). The van der Waals surface area contributed by atoms with Gasteiger partial charge in [0.15, 0.2) is 5.82 Å². The molecular formula is C19H25N5O3. The normalized spacial score (nSPS) is 13.4. The Hall–Kier alpha value is -2.90. The minimum atomic E-state index is -0.301. The van der Waals surface area contributed by atoms with Gasteiger partial charge in [-0.3, -0.25) is 9.59 Å². The second kappa shape index (κ2) is 9.16. The lowest BCUT2D eigenvalue weighted by Gasteiger charge is -2.09. The van der Waals surface area contributed by atoms with E-state index >= 15 is 0 Å². The molecule has 0 saturated heterocycles. The van der Waals surface area contributed by atoms with Crippen molar-refractivity contribution in [1.82, 2.24) is 25.4 Å². The maximum Gasteiger partial charge on any atom is 0.251 e. The number of nitrogens with one attached hydrogen (secondary N) is 2. The van der Waals surface area contributed by atoms with Crippen molar-refractivity contribution >= 4 is 11.8 Å². The van der Waals surface area contributed by atoms with E-state index in [0.29, 0.717) is 24.5 Å². The van der Waals surface area contributed by atoms with Crippen LogP contribution in [0.4, 0.5) is 0 Å². The van der Waals surface area contributed by atoms with Crippen molar-refractivity contribution in [2.24, 2.45) is 0 Å². The first-order chi connectivity index (χ1) is 13.2. The van der Waals surface area contributed by atoms with Crippen LogP contribution < -0.4 is 15.4 Å². The first-order valence-corrected chi connectivity index (χ1v) is 9.36. The predicted octanol–water partition coefficient (Wildman–Crippen LogP) is 1.45. The number of hydrogen-bond acceptors (Lipinski definition) is 5. The van der Waals surface area contributed by atoms with E-state index < -0.39 is 0 Å². The van der Waals surface area contributed by atoms with Crippen molar-refractivity contribution in [3.05, 3.63) is 41.5 Å². The van der Waals surface area contributed by atoms with Gasteiger partial charge in [-0.05, 0) is 44.0 Å². The fourth-order valence-corrected chi connectivity index (χ4v) is 3.05. The molecule has 2 amide bonds. The highest BCUT2D eigenvalue weighted by atomic mass is 16.5. The molecule has 0 radical (unpaired) electrons. The van der Waals surface area contributed by atoms with E-state index in [1.807, 2.05) is 6.92 Å². The molecule has 27 heavy (non-hydrogen) atoms. The number of aryl methyl sites for hydroxylation is 1. The Morgan fingerprint density at radius 2 is 1.93 bits per heavy atom. The summed E-state index contributed by atoms with van der Waals surface area (Å²) in [5, 5.41) is 13.8. The van der Waals surface area contributed by atoms with E-state index in [1.165, 1.54) is 6.42 Å². The lowest BCUT2D eigenvalue weighted by molar-refractivity contribution is -0.120. The second-order valence-corrected chi connectivity index (χ2v) is 6.41. The summed E-state index contributed by atoms with van der Waals surface area (Å²) in [5.41, 5.74) is 0.481. The molecule has 0 atom stereocenters. The van der Waals surface area contributed by atoms with E-state index in [9.17, 15) is 9.59 Å². The Bertz CT molecular complexity index is 785. The van der Waals surface area contributed by atoms with Crippen LogP contribution in [0.15, 0.2) is 24.3 Å². The van der Waals surface area contributed by atoms with Gasteiger partial charge in [0.1, 0.15) is 11.6 Å². The van der Waals surface area contributed by atoms with Gasteiger partial charge in [0, 0.05) is 18.5 Å². The summed E-state index contributed by atoms with van der Waals surface area (Å²) in [7, 11) is 0. The average molecular weight is 371 g/mol. The van der Waals surface area contributed by atoms with Crippen LogP contribution in [0.3, 0.4) is 0 Å². The van der Waals surface area contributed by atoms with E-state index in [-0.39, 0.29) is 18.4 Å². The molecule has 0 spiro atoms. The lowest BCUT2D eigenvalue weighted by atomic mass is 10.2. The smallest absolute Gasteiger partial charge is 0.251 e. The quantitative estimate of drug-likeness (QED) is 0.768. The highest BCUT2D eigenvalue weighted by Crippen LogP contribution is 2.14. The molecule has 2 heterocycles. The Morgan fingerprint density at radius 3 is 2.70 bits per heavy atom. The third kappa shape index (κ3) is 5.06. The van der Waals surface area contributed by atoms with Crippen LogP contribution in [0.25, 0.3) is 0 Å². The maximum absolute atomic E-state index is 12.1. The van der Waals surface area contributed by atoms with Gasteiger partial charge in [0.2, 0.25) is 5.91 Å². The van der Waals surface area contributed by atoms with Gasteiger partial charge < -0.3 is 19.9 Å². The Kier molecular flexibility index (Phi) is 6.40. The number of amides is 2. The minimum absolute atomic E-state index is 0.0902. The van der Waals surface area contributed by atoms with Crippen LogP contribution in [-0.2, 0) is 24.3 Å². The Balaban J connectivity index is 1.46. The number of ether oxygens (including phenoxy) is 1. The molecule has 2 aromatic rings. The summed E-state index contributed by atoms with van der Waals surface area (Å²) < 4.78 is 7.43. The van der Waals surface area contributed by atoms with Crippen molar-refractivity contribution in [1.29, 1.82) is 0 Å². The maximum atomic E-state index is 12.1. The summed E-state index contributed by atoms with van der Waals surface area (Å²) in [6, 6.07) is 6.80. The van der Waals surface area contributed by atoms with Gasteiger partial charge in [-0.15, -0.1) is 10.2 Å². The van der Waals surface area contributed by atoms with Crippen LogP contribution in [0.1, 0.15) is 48.2 Å². The third-order valence-corrected chi connectivity index (χ3v) is 4.47. The number of benzene rings is 1. The Morgan fingerprint density at radius 1 is 1.11 bits per heavy atom. The van der Waals surface area contributed by atoms with Gasteiger partial charge in [0.25, 0.3) is 5.91 Å². The monoisotopic (exact) mass is 371 g/mol. The summed E-state index contributed by atoms with van der Waals surface area (Å²) >= 11 is 0. The van der Waals surface area contributed by atoms with E-state index in [2.05, 4.69) is 25.4 Å². The average Bonchev–Trinajstić information content (AvgIpc) is 2.91. The van der Waals surface area contributed by atoms with E-state index in [0.717, 1.165) is 37.5 Å². The molecule has 0 bridgehead atoms. The lowest BCUT2D eigenvalue weighted by Crippen LogP contribution is -2.37. The fourth-order valence-electron chi connectivity index (χ4n) is 3.05. The molecule has 0 fully saturated rings. The molecule has 1 aromatic carbocycles. The van der Waals surface area contributed by atoms with Crippen LogP contribution in [-0.4, -0.2) is 39.7 Å². The molecule has 3 rings (SSSR count). The topological polar surface area (TPSA) is 98.1 Å². The molecule has 0 aliphatic carbocycles. The van der Waals surface area contributed by atoms with Gasteiger partial charge in [-0.1, -0.05) is 6.42 Å². The van der Waals surface area contributed by atoms with Gasteiger partial charge >= 0.3 is 0 Å². The minimum Gasteiger partial charge on any atom is -0.494 e. The molecule has 8 nitrogen and oxygen atoms in total. The zero-order chi connectivity index (χ0) is 19.1. The van der Waals surface area contributed by atoms with E-state index in [4.69, 9.17) is 4.74 Å². The van der Waals surface area contributed by atoms with Crippen LogP contribution >= 0.6 is 0 Å². The van der Waals surface area contributed by atoms with Crippen LogP contribution in [0.2, 0.25) is 0 Å². The molecule has 0 saturated carbocycles. The molecule has 144 valence electrons. The highest BCUT2D eigenvalue weighted by molar-refractivity contribution is 5.96. The number of carbonyl (C=O) groups excluding carboxylic acids is 2. The zero-order valence-corrected chi connectivity index (χ0v) is 15.5. The third-order valence-electron chi connectivity index (χ3n) is 4.47. The molecule has 1 aromatic heterocycles. The summed E-state index contributed by atoms with van der Waals surface area (Å²) in [6.07, 6.45) is 4.35. The second-order valence-electron chi connectivity index (χ2n) is 6.41. The number of rotatable bonds is 7. The molecule has 1 aliphatic heterocycles. The van der Waals surface area contributed by atoms with Crippen LogP contribution in [0, 0.1) is 0 Å². The largest absolute Gasteiger partial charge is 0.494 e. The predicted molar refractivity (Wildman–Crippen MR) is 99.4 cm³/mol. The molecule has 8 heteroatoms. The first kappa shape index (κ1) is 18.9. The number of aromatic nitrogens is 3. The summed E-state index contributed by atoms with van der Waals surface area (Å²) in [4.78, 5) is 24.2.